The van der Waals surface area contributed by atoms with E-state index in [1.165, 1.54) is 12.3 Å². The zero-order valence-electron chi connectivity index (χ0n) is 9.71. The zero-order valence-corrected chi connectivity index (χ0v) is 11.3. The summed E-state index contributed by atoms with van der Waals surface area (Å²) in [7, 11) is 0. The Kier molecular flexibility index (Phi) is 3.96. The van der Waals surface area contributed by atoms with Crippen LogP contribution >= 0.6 is 15.9 Å². The average Bonchev–Trinajstić information content (AvgIpc) is 2.39. The third kappa shape index (κ3) is 3.41. The van der Waals surface area contributed by atoms with Crippen molar-refractivity contribution in [2.75, 3.05) is 5.32 Å². The van der Waals surface area contributed by atoms with E-state index in [4.69, 9.17) is 5.11 Å². The maximum Gasteiger partial charge on any atom is 0.288 e. The smallest absolute Gasteiger partial charge is 0.288 e. The van der Waals surface area contributed by atoms with Crippen LogP contribution in [0.1, 0.15) is 5.56 Å². The second-order valence-electron chi connectivity index (χ2n) is 3.80. The van der Waals surface area contributed by atoms with E-state index in [1.807, 2.05) is 0 Å². The number of pyridine rings is 1. The number of halogens is 1. The summed E-state index contributed by atoms with van der Waals surface area (Å²) in [5, 5.41) is 22.8. The molecule has 2 N–H and O–H groups in total. The Morgan fingerprint density at radius 1 is 1.37 bits per heavy atom. The standard InChI is InChI=1S/C12H10BrN3O3/c13-11-5-9(16(18)19)7-15-12(11)14-6-8-1-3-10(17)4-2-8/h1-5,7,17H,6H2,(H,14,15). The molecule has 0 unspecified atom stereocenters. The topological polar surface area (TPSA) is 88.3 Å². The number of rotatable bonds is 4. The number of aromatic hydroxyl groups is 1. The van der Waals surface area contributed by atoms with Crippen molar-refractivity contribution in [3.63, 3.8) is 0 Å². The summed E-state index contributed by atoms with van der Waals surface area (Å²) in [6.07, 6.45) is 1.20. The molecule has 0 aliphatic rings. The fraction of sp³-hybridized carbons (Fsp3) is 0.0833. The van der Waals surface area contributed by atoms with Crippen molar-refractivity contribution in [3.05, 3.63) is 56.7 Å². The van der Waals surface area contributed by atoms with Crippen LogP contribution in [-0.2, 0) is 6.54 Å². The van der Waals surface area contributed by atoms with Gasteiger partial charge in [-0.05, 0) is 33.6 Å². The molecule has 7 heteroatoms. The molecule has 98 valence electrons. The summed E-state index contributed by atoms with van der Waals surface area (Å²) in [5.74, 6) is 0.733. The Balaban J connectivity index is 2.07. The molecule has 0 amide bonds. The van der Waals surface area contributed by atoms with E-state index in [0.29, 0.717) is 16.8 Å². The second kappa shape index (κ2) is 5.66. The van der Waals surface area contributed by atoms with E-state index in [9.17, 15) is 10.1 Å². The number of anilines is 1. The summed E-state index contributed by atoms with van der Waals surface area (Å²) < 4.78 is 0.528. The van der Waals surface area contributed by atoms with E-state index >= 15 is 0 Å². The van der Waals surface area contributed by atoms with Gasteiger partial charge in [0.15, 0.2) is 0 Å². The van der Waals surface area contributed by atoms with Crippen molar-refractivity contribution < 1.29 is 10.0 Å². The number of nitrogens with zero attached hydrogens (tertiary/aromatic N) is 2. The largest absolute Gasteiger partial charge is 0.508 e. The molecule has 0 saturated carbocycles. The molecule has 0 radical (unpaired) electrons. The first kappa shape index (κ1) is 13.3. The summed E-state index contributed by atoms with van der Waals surface area (Å²) in [5.41, 5.74) is 0.895. The molecule has 0 aliphatic carbocycles. The minimum absolute atomic E-state index is 0.0675. The minimum atomic E-state index is -0.498. The van der Waals surface area contributed by atoms with Gasteiger partial charge in [0, 0.05) is 12.6 Å². The molecule has 0 fully saturated rings. The molecule has 2 aromatic rings. The molecular weight excluding hydrogens is 314 g/mol. The van der Waals surface area contributed by atoms with Gasteiger partial charge in [0.25, 0.3) is 5.69 Å². The minimum Gasteiger partial charge on any atom is -0.508 e. The lowest BCUT2D eigenvalue weighted by atomic mass is 10.2. The molecule has 19 heavy (non-hydrogen) atoms. The second-order valence-corrected chi connectivity index (χ2v) is 4.66. The highest BCUT2D eigenvalue weighted by atomic mass is 79.9. The lowest BCUT2D eigenvalue weighted by Gasteiger charge is -2.07. The van der Waals surface area contributed by atoms with E-state index in [1.54, 1.807) is 24.3 Å². The van der Waals surface area contributed by atoms with Crippen molar-refractivity contribution in [1.29, 1.82) is 0 Å². The van der Waals surface area contributed by atoms with Gasteiger partial charge in [-0.3, -0.25) is 10.1 Å². The van der Waals surface area contributed by atoms with Crippen molar-refractivity contribution in [1.82, 2.24) is 4.98 Å². The highest BCUT2D eigenvalue weighted by Crippen LogP contribution is 2.24. The fourth-order valence-corrected chi connectivity index (χ4v) is 1.93. The lowest BCUT2D eigenvalue weighted by molar-refractivity contribution is -0.385. The van der Waals surface area contributed by atoms with Gasteiger partial charge in [-0.1, -0.05) is 12.1 Å². The van der Waals surface area contributed by atoms with E-state index < -0.39 is 4.92 Å². The number of aromatic nitrogens is 1. The van der Waals surface area contributed by atoms with Gasteiger partial charge in [-0.15, -0.1) is 0 Å². The monoisotopic (exact) mass is 323 g/mol. The van der Waals surface area contributed by atoms with Gasteiger partial charge in [-0.25, -0.2) is 4.98 Å². The van der Waals surface area contributed by atoms with Gasteiger partial charge >= 0.3 is 0 Å². The summed E-state index contributed by atoms with van der Waals surface area (Å²) in [4.78, 5) is 14.1. The van der Waals surface area contributed by atoms with Crippen LogP contribution in [-0.4, -0.2) is 15.0 Å². The van der Waals surface area contributed by atoms with Crippen molar-refractivity contribution >= 4 is 27.4 Å². The maximum absolute atomic E-state index is 10.6. The predicted molar refractivity (Wildman–Crippen MR) is 74.0 cm³/mol. The first-order valence-corrected chi connectivity index (χ1v) is 6.17. The molecule has 0 atom stereocenters. The Bertz CT molecular complexity index is 602. The lowest BCUT2D eigenvalue weighted by Crippen LogP contribution is -2.02. The predicted octanol–water partition coefficient (Wildman–Crippen LogP) is 3.07. The Morgan fingerprint density at radius 2 is 2.05 bits per heavy atom. The number of phenolic OH excluding ortho intramolecular Hbond substituents is 1. The zero-order chi connectivity index (χ0) is 13.8. The number of hydrogen-bond donors (Lipinski definition) is 2. The van der Waals surface area contributed by atoms with Crippen LogP contribution in [0.4, 0.5) is 11.5 Å². The molecular formula is C12H10BrN3O3. The Labute approximate surface area is 117 Å². The van der Waals surface area contributed by atoms with Crippen LogP contribution in [0.3, 0.4) is 0 Å². The van der Waals surface area contributed by atoms with Crippen LogP contribution in [0.2, 0.25) is 0 Å². The molecule has 1 aromatic heterocycles. The van der Waals surface area contributed by atoms with E-state index in [-0.39, 0.29) is 11.4 Å². The molecule has 0 aliphatic heterocycles. The summed E-state index contributed by atoms with van der Waals surface area (Å²) in [6, 6.07) is 8.14. The third-order valence-electron chi connectivity index (χ3n) is 2.43. The molecule has 2 rings (SSSR count). The molecule has 0 spiro atoms. The molecule has 1 heterocycles. The molecule has 0 saturated heterocycles. The van der Waals surface area contributed by atoms with Crippen LogP contribution in [0.25, 0.3) is 0 Å². The first-order chi connectivity index (χ1) is 9.06. The van der Waals surface area contributed by atoms with E-state index in [0.717, 1.165) is 5.56 Å². The van der Waals surface area contributed by atoms with Gasteiger partial charge in [0.1, 0.15) is 17.8 Å². The average molecular weight is 324 g/mol. The SMILES string of the molecule is O=[N+]([O-])c1cnc(NCc2ccc(O)cc2)c(Br)c1. The van der Waals surface area contributed by atoms with Crippen LogP contribution in [0, 0.1) is 10.1 Å². The number of nitrogens with one attached hydrogen (secondary N) is 1. The van der Waals surface area contributed by atoms with Crippen molar-refractivity contribution in [2.45, 2.75) is 6.54 Å². The van der Waals surface area contributed by atoms with Gasteiger partial charge < -0.3 is 10.4 Å². The quantitative estimate of drug-likeness (QED) is 0.666. The van der Waals surface area contributed by atoms with E-state index in [2.05, 4.69) is 26.2 Å². The highest BCUT2D eigenvalue weighted by molar-refractivity contribution is 9.10. The number of phenols is 1. The van der Waals surface area contributed by atoms with Crippen LogP contribution in [0.5, 0.6) is 5.75 Å². The Morgan fingerprint density at radius 3 is 2.63 bits per heavy atom. The highest BCUT2D eigenvalue weighted by Gasteiger charge is 2.10. The summed E-state index contributed by atoms with van der Waals surface area (Å²) in [6.45, 7) is 0.504. The van der Waals surface area contributed by atoms with Gasteiger partial charge in [-0.2, -0.15) is 0 Å². The van der Waals surface area contributed by atoms with Gasteiger partial charge in [0.05, 0.1) is 9.40 Å². The van der Waals surface area contributed by atoms with Crippen LogP contribution < -0.4 is 5.32 Å². The number of hydrogen-bond acceptors (Lipinski definition) is 5. The number of nitro groups is 1. The normalized spacial score (nSPS) is 10.2. The summed E-state index contributed by atoms with van der Waals surface area (Å²) >= 11 is 3.23. The number of benzene rings is 1. The van der Waals surface area contributed by atoms with Gasteiger partial charge in [0.2, 0.25) is 0 Å². The molecule has 6 nitrogen and oxygen atoms in total. The van der Waals surface area contributed by atoms with Crippen LogP contribution in [0.15, 0.2) is 41.0 Å². The Hall–Kier alpha value is -2.15. The first-order valence-electron chi connectivity index (χ1n) is 5.38. The third-order valence-corrected chi connectivity index (χ3v) is 3.04. The molecule has 1 aromatic carbocycles. The maximum atomic E-state index is 10.6. The van der Waals surface area contributed by atoms with Crippen molar-refractivity contribution in [2.24, 2.45) is 0 Å². The molecule has 0 bridgehead atoms. The fourth-order valence-electron chi connectivity index (χ4n) is 1.46. The van der Waals surface area contributed by atoms with Crippen molar-refractivity contribution in [3.8, 4) is 5.75 Å².